The number of carbonyl (C=O) groups is 1. The van der Waals surface area contributed by atoms with Gasteiger partial charge in [-0.3, -0.25) is 10.1 Å². The Morgan fingerprint density at radius 1 is 1.41 bits per heavy atom. The van der Waals surface area contributed by atoms with Crippen LogP contribution in [0.15, 0.2) is 18.2 Å². The summed E-state index contributed by atoms with van der Waals surface area (Å²) in [4.78, 5) is 21.8. The molecule has 22 heavy (non-hydrogen) atoms. The summed E-state index contributed by atoms with van der Waals surface area (Å²) in [6.07, 6.45) is 0.172. The van der Waals surface area contributed by atoms with E-state index < -0.39 is 17.2 Å². The van der Waals surface area contributed by atoms with Crippen LogP contribution in [-0.4, -0.2) is 37.3 Å². The quantitative estimate of drug-likeness (QED) is 0.450. The first-order valence-corrected chi connectivity index (χ1v) is 6.91. The van der Waals surface area contributed by atoms with Gasteiger partial charge in [-0.1, -0.05) is 0 Å². The van der Waals surface area contributed by atoms with Gasteiger partial charge in [0.05, 0.1) is 24.7 Å². The van der Waals surface area contributed by atoms with Gasteiger partial charge in [0.2, 0.25) is 0 Å². The van der Waals surface area contributed by atoms with Crippen LogP contribution in [0.2, 0.25) is 0 Å². The number of carbonyl (C=O) groups excluding carboxylic acids is 1. The van der Waals surface area contributed by atoms with Gasteiger partial charge in [-0.25, -0.2) is 4.79 Å². The van der Waals surface area contributed by atoms with Crippen molar-refractivity contribution >= 4 is 11.7 Å². The minimum absolute atomic E-state index is 0.00221. The zero-order chi connectivity index (χ0) is 15.9. The van der Waals surface area contributed by atoms with E-state index in [1.165, 1.54) is 12.1 Å². The van der Waals surface area contributed by atoms with E-state index in [-0.39, 0.29) is 24.7 Å². The van der Waals surface area contributed by atoms with Gasteiger partial charge in [0, 0.05) is 11.6 Å². The molecule has 0 aromatic heterocycles. The molecule has 0 N–H and O–H groups in total. The van der Waals surface area contributed by atoms with Crippen molar-refractivity contribution < 1.29 is 28.7 Å². The molecule has 1 heterocycles. The molecule has 1 aromatic carbocycles. The number of esters is 1. The van der Waals surface area contributed by atoms with Gasteiger partial charge in [-0.2, -0.15) is 0 Å². The van der Waals surface area contributed by atoms with Gasteiger partial charge >= 0.3 is 11.7 Å². The summed E-state index contributed by atoms with van der Waals surface area (Å²) in [5, 5.41) is 11.2. The van der Waals surface area contributed by atoms with Crippen LogP contribution in [-0.2, 0) is 19.0 Å². The van der Waals surface area contributed by atoms with Crippen LogP contribution in [0.1, 0.15) is 25.2 Å². The highest BCUT2D eigenvalue weighted by atomic mass is 16.7. The van der Waals surface area contributed by atoms with Crippen molar-refractivity contribution in [2.24, 2.45) is 0 Å². The summed E-state index contributed by atoms with van der Waals surface area (Å²) in [7, 11) is 0. The van der Waals surface area contributed by atoms with Crippen LogP contribution in [0.25, 0.3) is 0 Å². The van der Waals surface area contributed by atoms with Gasteiger partial charge in [0.25, 0.3) is 0 Å². The third-order valence-electron chi connectivity index (χ3n) is 2.93. The number of rotatable bonds is 6. The molecule has 0 radical (unpaired) electrons. The largest absolute Gasteiger partial charge is 0.475 e. The van der Waals surface area contributed by atoms with Crippen LogP contribution in [0.3, 0.4) is 0 Å². The van der Waals surface area contributed by atoms with E-state index in [1.54, 1.807) is 13.0 Å². The van der Waals surface area contributed by atoms with Crippen molar-refractivity contribution in [2.45, 2.75) is 19.6 Å². The molecule has 2 rings (SSSR count). The van der Waals surface area contributed by atoms with E-state index in [9.17, 15) is 14.9 Å². The predicted octanol–water partition coefficient (Wildman–Crippen LogP) is 1.97. The molecule has 0 bridgehead atoms. The Hall–Kier alpha value is -2.19. The molecule has 1 aliphatic heterocycles. The van der Waals surface area contributed by atoms with Crippen molar-refractivity contribution in [2.75, 3.05) is 26.4 Å². The van der Waals surface area contributed by atoms with Crippen molar-refractivity contribution in [3.8, 4) is 5.75 Å². The topological polar surface area (TPSA) is 97.1 Å². The first-order chi connectivity index (χ1) is 10.6. The maximum Gasteiger partial charge on any atom is 0.344 e. The lowest BCUT2D eigenvalue weighted by Gasteiger charge is -2.23. The summed E-state index contributed by atoms with van der Waals surface area (Å²) in [6.45, 7) is 2.59. The zero-order valence-electron chi connectivity index (χ0n) is 12.1. The molecule has 8 heteroatoms. The van der Waals surface area contributed by atoms with Crippen molar-refractivity contribution in [1.29, 1.82) is 0 Å². The van der Waals surface area contributed by atoms with E-state index in [2.05, 4.69) is 0 Å². The molecule has 8 nitrogen and oxygen atoms in total. The number of ether oxygens (including phenoxy) is 4. The van der Waals surface area contributed by atoms with Gasteiger partial charge < -0.3 is 18.9 Å². The number of hydrogen-bond acceptors (Lipinski definition) is 7. The number of hydrogen-bond donors (Lipinski definition) is 0. The maximum atomic E-state index is 11.3. The van der Waals surface area contributed by atoms with Gasteiger partial charge in [-0.15, -0.1) is 0 Å². The molecule has 1 aromatic rings. The van der Waals surface area contributed by atoms with Gasteiger partial charge in [-0.05, 0) is 25.5 Å². The molecule has 0 aliphatic carbocycles. The molecule has 0 spiro atoms. The molecule has 0 saturated carbocycles. The summed E-state index contributed by atoms with van der Waals surface area (Å²) in [6, 6.07) is 4.37. The normalized spacial score (nSPS) is 15.3. The Kier molecular flexibility index (Phi) is 5.68. The predicted molar refractivity (Wildman–Crippen MR) is 74.5 cm³/mol. The third kappa shape index (κ3) is 4.15. The van der Waals surface area contributed by atoms with Crippen LogP contribution >= 0.6 is 0 Å². The second kappa shape index (κ2) is 7.71. The zero-order valence-corrected chi connectivity index (χ0v) is 12.1. The summed E-state index contributed by atoms with van der Waals surface area (Å²) in [5.41, 5.74) is 0.287. The van der Waals surface area contributed by atoms with E-state index in [0.29, 0.717) is 18.8 Å². The van der Waals surface area contributed by atoms with E-state index in [1.807, 2.05) is 0 Å². The lowest BCUT2D eigenvalue weighted by molar-refractivity contribution is -0.386. The fourth-order valence-corrected chi connectivity index (χ4v) is 1.97. The van der Waals surface area contributed by atoms with Crippen LogP contribution in [0.5, 0.6) is 5.75 Å². The van der Waals surface area contributed by atoms with E-state index in [0.717, 1.165) is 6.42 Å². The summed E-state index contributed by atoms with van der Waals surface area (Å²) in [5.74, 6) is -0.586. The van der Waals surface area contributed by atoms with Crippen molar-refractivity contribution in [1.82, 2.24) is 0 Å². The Labute approximate surface area is 127 Å². The molecule has 0 amide bonds. The molecule has 0 atom stereocenters. The number of nitro benzene ring substituents is 1. The molecule has 1 fully saturated rings. The first-order valence-electron chi connectivity index (χ1n) is 6.91. The van der Waals surface area contributed by atoms with Crippen LogP contribution < -0.4 is 4.74 Å². The van der Waals surface area contributed by atoms with Crippen LogP contribution in [0, 0.1) is 10.1 Å². The Bertz CT molecular complexity index is 540. The molecular formula is C14H17NO7. The number of nitro groups is 1. The second-order valence-corrected chi connectivity index (χ2v) is 4.51. The SMILES string of the molecule is CCOC(=O)COc1ccc(C2OCCCO2)cc1[N+](=O)[O-]. The monoisotopic (exact) mass is 311 g/mol. The highest BCUT2D eigenvalue weighted by Gasteiger charge is 2.23. The first kappa shape index (κ1) is 16.2. The van der Waals surface area contributed by atoms with Crippen molar-refractivity contribution in [3.05, 3.63) is 33.9 Å². The average molecular weight is 311 g/mol. The lowest BCUT2D eigenvalue weighted by atomic mass is 10.1. The molecule has 1 aliphatic rings. The highest BCUT2D eigenvalue weighted by molar-refractivity contribution is 5.71. The molecule has 120 valence electrons. The summed E-state index contributed by atoms with van der Waals surface area (Å²) >= 11 is 0. The standard InChI is InChI=1S/C14H17NO7/c1-2-19-13(16)9-22-12-5-4-10(8-11(12)15(17)18)14-20-6-3-7-21-14/h4-5,8,14H,2-3,6-7,9H2,1H3. The fourth-order valence-electron chi connectivity index (χ4n) is 1.97. The number of benzene rings is 1. The molecule has 0 unspecified atom stereocenters. The number of nitrogens with zero attached hydrogens (tertiary/aromatic N) is 1. The smallest absolute Gasteiger partial charge is 0.344 e. The summed E-state index contributed by atoms with van der Waals surface area (Å²) < 4.78 is 20.7. The lowest BCUT2D eigenvalue weighted by Crippen LogP contribution is -2.18. The van der Waals surface area contributed by atoms with E-state index in [4.69, 9.17) is 18.9 Å². The third-order valence-corrected chi connectivity index (χ3v) is 2.93. The minimum atomic E-state index is -0.619. The van der Waals surface area contributed by atoms with Crippen LogP contribution in [0.4, 0.5) is 5.69 Å². The van der Waals surface area contributed by atoms with Gasteiger partial charge in [0.15, 0.2) is 18.6 Å². The Balaban J connectivity index is 2.12. The Morgan fingerprint density at radius 3 is 2.77 bits per heavy atom. The van der Waals surface area contributed by atoms with E-state index >= 15 is 0 Å². The second-order valence-electron chi connectivity index (χ2n) is 4.51. The highest BCUT2D eigenvalue weighted by Crippen LogP contribution is 2.32. The Morgan fingerprint density at radius 2 is 2.14 bits per heavy atom. The fraction of sp³-hybridized carbons (Fsp3) is 0.500. The van der Waals surface area contributed by atoms with Gasteiger partial charge in [0.1, 0.15) is 0 Å². The minimum Gasteiger partial charge on any atom is -0.475 e. The molecule has 1 saturated heterocycles. The molecular weight excluding hydrogens is 294 g/mol. The average Bonchev–Trinajstić information content (AvgIpc) is 2.54. The van der Waals surface area contributed by atoms with Crippen molar-refractivity contribution in [3.63, 3.8) is 0 Å². The maximum absolute atomic E-state index is 11.3.